The molecule has 12 unspecified atom stereocenters. The molecule has 2 heterocycles. The SMILES string of the molecule is CCCCC/C=C/C(O)C(COC1OC(CO)C(OC2OC(CO)C(O)C(O)C2O)C(O)C1O)NC(=O)CCCCCCCCCCCCCCCCCCCCCCCCCC. The van der Waals surface area contributed by atoms with E-state index < -0.39 is 86.8 Å². The Morgan fingerprint density at radius 3 is 1.46 bits per heavy atom. The molecule has 2 saturated heterocycles. The van der Waals surface area contributed by atoms with Crippen LogP contribution in [0.3, 0.4) is 0 Å². The Balaban J connectivity index is 1.65. The van der Waals surface area contributed by atoms with Crippen molar-refractivity contribution < 1.29 is 64.6 Å². The molecule has 2 aliphatic rings. The van der Waals surface area contributed by atoms with Gasteiger partial charge in [0.15, 0.2) is 12.6 Å². The summed E-state index contributed by atoms with van der Waals surface area (Å²) in [6, 6.07) is -0.905. The fourth-order valence-corrected chi connectivity index (χ4v) is 8.53. The Labute approximate surface area is 380 Å². The lowest BCUT2D eigenvalue weighted by atomic mass is 9.97. The number of nitrogens with one attached hydrogen (secondary N) is 1. The third kappa shape index (κ3) is 24.4. The number of carbonyl (C=O) groups excluding carboxylic acids is 1. The highest BCUT2D eigenvalue weighted by molar-refractivity contribution is 5.76. The zero-order chi connectivity index (χ0) is 46.1. The van der Waals surface area contributed by atoms with Gasteiger partial charge < -0.3 is 65.1 Å². The van der Waals surface area contributed by atoms with E-state index in [-0.39, 0.29) is 18.9 Å². The third-order valence-corrected chi connectivity index (χ3v) is 12.7. The quantitative estimate of drug-likeness (QED) is 0.0241. The Bertz CT molecular complexity index is 1120. The highest BCUT2D eigenvalue weighted by Crippen LogP contribution is 2.30. The first-order chi connectivity index (χ1) is 30.6. The molecule has 2 aliphatic heterocycles. The largest absolute Gasteiger partial charge is 0.394 e. The third-order valence-electron chi connectivity index (χ3n) is 12.7. The minimum Gasteiger partial charge on any atom is -0.394 e. The van der Waals surface area contributed by atoms with E-state index >= 15 is 0 Å². The van der Waals surface area contributed by atoms with E-state index in [0.717, 1.165) is 44.9 Å². The lowest BCUT2D eigenvalue weighted by Gasteiger charge is -2.46. The molecule has 372 valence electrons. The van der Waals surface area contributed by atoms with Gasteiger partial charge in [0.2, 0.25) is 5.91 Å². The molecular formula is C49H93NO13. The van der Waals surface area contributed by atoms with Gasteiger partial charge in [0.1, 0.15) is 48.8 Å². The van der Waals surface area contributed by atoms with Gasteiger partial charge in [-0.2, -0.15) is 0 Å². The number of carbonyl (C=O) groups is 1. The molecule has 0 aromatic rings. The summed E-state index contributed by atoms with van der Waals surface area (Å²) in [6.45, 7) is 2.67. The monoisotopic (exact) mass is 904 g/mol. The van der Waals surface area contributed by atoms with Crippen molar-refractivity contribution in [3.05, 3.63) is 12.2 Å². The van der Waals surface area contributed by atoms with E-state index in [1.165, 1.54) is 128 Å². The second-order valence-electron chi connectivity index (χ2n) is 18.3. The van der Waals surface area contributed by atoms with Crippen LogP contribution in [-0.2, 0) is 23.7 Å². The molecule has 2 fully saturated rings. The fraction of sp³-hybridized carbons (Fsp3) is 0.939. The number of allylic oxidation sites excluding steroid dienone is 1. The molecule has 0 spiro atoms. The van der Waals surface area contributed by atoms with E-state index in [1.807, 2.05) is 6.08 Å². The normalized spacial score (nSPS) is 27.5. The van der Waals surface area contributed by atoms with Gasteiger partial charge >= 0.3 is 0 Å². The number of unbranched alkanes of at least 4 members (excludes halogenated alkanes) is 26. The van der Waals surface area contributed by atoms with E-state index in [9.17, 15) is 45.6 Å². The zero-order valence-electron chi connectivity index (χ0n) is 39.3. The maximum atomic E-state index is 13.1. The average Bonchev–Trinajstić information content (AvgIpc) is 3.28. The second kappa shape index (κ2) is 36.8. The minimum atomic E-state index is -1.78. The van der Waals surface area contributed by atoms with E-state index in [0.29, 0.717) is 6.42 Å². The number of ether oxygens (including phenoxy) is 4. The van der Waals surface area contributed by atoms with Crippen LogP contribution < -0.4 is 5.32 Å². The molecule has 0 bridgehead atoms. The number of hydrogen-bond donors (Lipinski definition) is 9. The predicted octanol–water partition coefficient (Wildman–Crippen LogP) is 6.38. The zero-order valence-corrected chi connectivity index (χ0v) is 39.3. The summed E-state index contributed by atoms with van der Waals surface area (Å²) in [6.07, 6.45) is 21.9. The van der Waals surface area contributed by atoms with Crippen molar-refractivity contribution in [1.82, 2.24) is 5.32 Å². The molecule has 14 nitrogen and oxygen atoms in total. The molecule has 14 heteroatoms. The van der Waals surface area contributed by atoms with Crippen molar-refractivity contribution >= 4 is 5.91 Å². The summed E-state index contributed by atoms with van der Waals surface area (Å²) in [7, 11) is 0. The van der Waals surface area contributed by atoms with Gasteiger partial charge in [-0.05, 0) is 19.3 Å². The second-order valence-corrected chi connectivity index (χ2v) is 18.3. The van der Waals surface area contributed by atoms with Crippen LogP contribution in [0, 0.1) is 0 Å². The lowest BCUT2D eigenvalue weighted by Crippen LogP contribution is -2.65. The van der Waals surface area contributed by atoms with Gasteiger partial charge in [0.25, 0.3) is 0 Å². The number of amides is 1. The number of aliphatic hydroxyl groups excluding tert-OH is 8. The van der Waals surface area contributed by atoms with Crippen molar-refractivity contribution in [2.24, 2.45) is 0 Å². The fourth-order valence-electron chi connectivity index (χ4n) is 8.53. The van der Waals surface area contributed by atoms with Crippen LogP contribution in [0.4, 0.5) is 0 Å². The lowest BCUT2D eigenvalue weighted by molar-refractivity contribution is -0.359. The maximum Gasteiger partial charge on any atom is 0.220 e. The Morgan fingerprint density at radius 1 is 0.556 bits per heavy atom. The average molecular weight is 904 g/mol. The van der Waals surface area contributed by atoms with Crippen LogP contribution in [0.5, 0.6) is 0 Å². The molecule has 0 radical (unpaired) electrons. The summed E-state index contributed by atoms with van der Waals surface area (Å²) < 4.78 is 22.5. The number of aliphatic hydroxyl groups is 8. The molecule has 0 saturated carbocycles. The maximum absolute atomic E-state index is 13.1. The summed E-state index contributed by atoms with van der Waals surface area (Å²) in [5.41, 5.74) is 0. The van der Waals surface area contributed by atoms with Gasteiger partial charge in [0, 0.05) is 6.42 Å². The molecular weight excluding hydrogens is 811 g/mol. The number of rotatable bonds is 39. The minimum absolute atomic E-state index is 0.243. The molecule has 12 atom stereocenters. The Hall–Kier alpha value is -1.27. The van der Waals surface area contributed by atoms with Crippen molar-refractivity contribution in [3.63, 3.8) is 0 Å². The first kappa shape index (κ1) is 57.9. The van der Waals surface area contributed by atoms with Crippen molar-refractivity contribution in [3.8, 4) is 0 Å². The highest BCUT2D eigenvalue weighted by atomic mass is 16.7. The summed E-state index contributed by atoms with van der Waals surface area (Å²) >= 11 is 0. The standard InChI is InChI=1S/C49H93NO13/c1-3-5-7-9-10-11-12-13-14-15-16-17-18-19-20-21-22-23-24-25-26-27-29-31-33-41(54)50-37(38(53)32-30-28-8-6-4-2)36-60-48-46(59)44(57)47(40(35-52)62-48)63-49-45(58)43(56)42(55)39(34-51)61-49/h30,32,37-40,42-49,51-53,55-59H,3-29,31,33-36H2,1-2H3,(H,50,54)/b32-30+. The van der Waals surface area contributed by atoms with Gasteiger partial charge in [0.05, 0.1) is 32.0 Å². The molecule has 2 rings (SSSR count). The van der Waals surface area contributed by atoms with Crippen LogP contribution in [0.1, 0.15) is 200 Å². The smallest absolute Gasteiger partial charge is 0.220 e. The van der Waals surface area contributed by atoms with Gasteiger partial charge in [-0.15, -0.1) is 0 Å². The molecule has 63 heavy (non-hydrogen) atoms. The summed E-state index contributed by atoms with van der Waals surface area (Å²) in [4.78, 5) is 13.1. The van der Waals surface area contributed by atoms with E-state index in [2.05, 4.69) is 19.2 Å². The van der Waals surface area contributed by atoms with Crippen LogP contribution in [0.2, 0.25) is 0 Å². The topological polar surface area (TPSA) is 228 Å². The van der Waals surface area contributed by atoms with Gasteiger partial charge in [-0.3, -0.25) is 4.79 Å². The molecule has 0 aromatic carbocycles. The molecule has 0 aromatic heterocycles. The molecule has 0 aliphatic carbocycles. The van der Waals surface area contributed by atoms with Gasteiger partial charge in [-0.1, -0.05) is 187 Å². The van der Waals surface area contributed by atoms with Crippen molar-refractivity contribution in [1.29, 1.82) is 0 Å². The van der Waals surface area contributed by atoms with Crippen LogP contribution in [0.15, 0.2) is 12.2 Å². The highest BCUT2D eigenvalue weighted by Gasteiger charge is 2.51. The van der Waals surface area contributed by atoms with Crippen LogP contribution in [-0.4, -0.2) is 140 Å². The molecule has 9 N–H and O–H groups in total. The first-order valence-corrected chi connectivity index (χ1v) is 25.4. The summed E-state index contributed by atoms with van der Waals surface area (Å²) in [5, 5.41) is 86.1. The van der Waals surface area contributed by atoms with Crippen molar-refractivity contribution in [2.75, 3.05) is 19.8 Å². The molecule has 1 amide bonds. The van der Waals surface area contributed by atoms with Gasteiger partial charge in [-0.25, -0.2) is 0 Å². The van der Waals surface area contributed by atoms with Crippen LogP contribution in [0.25, 0.3) is 0 Å². The summed E-state index contributed by atoms with van der Waals surface area (Å²) in [5.74, 6) is -0.243. The van der Waals surface area contributed by atoms with Crippen molar-refractivity contribution in [2.45, 2.75) is 274 Å². The Kier molecular flexibility index (Phi) is 33.8. The van der Waals surface area contributed by atoms with E-state index in [1.54, 1.807) is 6.08 Å². The first-order valence-electron chi connectivity index (χ1n) is 25.4. The predicted molar refractivity (Wildman–Crippen MR) is 245 cm³/mol. The van der Waals surface area contributed by atoms with E-state index in [4.69, 9.17) is 18.9 Å². The number of hydrogen-bond acceptors (Lipinski definition) is 13. The van der Waals surface area contributed by atoms with Crippen LogP contribution >= 0.6 is 0 Å². The Morgan fingerprint density at radius 2 is 0.984 bits per heavy atom.